The minimum absolute atomic E-state index is 0.122. The van der Waals surface area contributed by atoms with Crippen LogP contribution in [0.15, 0.2) is 54.7 Å². The number of para-hydroxylation sites is 1. The quantitative estimate of drug-likeness (QED) is 0.698. The third-order valence-corrected chi connectivity index (χ3v) is 5.46. The Morgan fingerprint density at radius 2 is 1.68 bits per heavy atom. The number of H-pyrrole nitrogens is 1. The smallest absolute Gasteiger partial charge is 0.227 e. The van der Waals surface area contributed by atoms with Crippen LogP contribution in [0.25, 0.3) is 10.9 Å². The summed E-state index contributed by atoms with van der Waals surface area (Å²) < 4.78 is 0. The second-order valence-electron chi connectivity index (χ2n) is 7.49. The molecule has 0 spiro atoms. The molecule has 1 aliphatic rings. The highest BCUT2D eigenvalue weighted by atomic mass is 16.2. The summed E-state index contributed by atoms with van der Waals surface area (Å²) in [5.41, 5.74) is 3.98. The normalized spacial score (nSPS) is 15.1. The molecule has 5 nitrogen and oxygen atoms in total. The number of Topliss-reactive ketones (excluding diaryl/α,β-unsaturated/α-hetero) is 1. The Bertz CT molecular complexity index is 983. The summed E-state index contributed by atoms with van der Waals surface area (Å²) in [7, 11) is 0. The van der Waals surface area contributed by atoms with Gasteiger partial charge in [-0.05, 0) is 18.6 Å². The number of carbonyl (C=O) groups excluding carboxylic acids is 2. The molecule has 0 bridgehead atoms. The topological polar surface area (TPSA) is 56.4 Å². The minimum atomic E-state index is 0.122. The molecule has 0 saturated carbocycles. The number of benzene rings is 2. The van der Waals surface area contributed by atoms with E-state index in [1.165, 1.54) is 5.56 Å². The van der Waals surface area contributed by atoms with Crippen molar-refractivity contribution in [1.29, 1.82) is 0 Å². The van der Waals surface area contributed by atoms with Gasteiger partial charge in [0.15, 0.2) is 5.78 Å². The first-order chi connectivity index (χ1) is 13.6. The Kier molecular flexibility index (Phi) is 5.26. The zero-order valence-corrected chi connectivity index (χ0v) is 16.1. The van der Waals surface area contributed by atoms with E-state index in [0.29, 0.717) is 26.1 Å². The maximum Gasteiger partial charge on any atom is 0.227 e. The number of aromatic amines is 1. The molecule has 3 aromatic rings. The molecular formula is C23H25N3O2. The van der Waals surface area contributed by atoms with Gasteiger partial charge in [-0.2, -0.15) is 0 Å². The van der Waals surface area contributed by atoms with Crippen LogP contribution in [0.4, 0.5) is 0 Å². The fourth-order valence-electron chi connectivity index (χ4n) is 3.74. The Labute approximate surface area is 165 Å². The lowest BCUT2D eigenvalue weighted by Gasteiger charge is -2.34. The number of aryl methyl sites for hydroxylation is 1. The predicted molar refractivity (Wildman–Crippen MR) is 111 cm³/mol. The molecule has 1 fully saturated rings. The van der Waals surface area contributed by atoms with E-state index in [2.05, 4.69) is 9.88 Å². The average molecular weight is 375 g/mol. The van der Waals surface area contributed by atoms with Crippen molar-refractivity contribution in [3.8, 4) is 0 Å². The number of nitrogens with one attached hydrogen (secondary N) is 1. The van der Waals surface area contributed by atoms with Crippen molar-refractivity contribution in [2.45, 2.75) is 13.3 Å². The van der Waals surface area contributed by atoms with Crippen molar-refractivity contribution in [1.82, 2.24) is 14.8 Å². The van der Waals surface area contributed by atoms with Crippen molar-refractivity contribution >= 4 is 22.6 Å². The van der Waals surface area contributed by atoms with E-state index >= 15 is 0 Å². The van der Waals surface area contributed by atoms with Crippen molar-refractivity contribution in [2.75, 3.05) is 32.7 Å². The van der Waals surface area contributed by atoms with Crippen LogP contribution in [-0.4, -0.2) is 59.2 Å². The van der Waals surface area contributed by atoms with E-state index < -0.39 is 0 Å². The van der Waals surface area contributed by atoms with Gasteiger partial charge in [-0.25, -0.2) is 0 Å². The maximum absolute atomic E-state index is 12.7. The summed E-state index contributed by atoms with van der Waals surface area (Å²) in [6, 6.07) is 16.0. The molecule has 28 heavy (non-hydrogen) atoms. The molecule has 2 aromatic carbocycles. The SMILES string of the molecule is Cc1ccc(CC(=O)N2CCN(CC(=O)c3c[nH]c4ccccc34)CC2)cc1. The second-order valence-corrected chi connectivity index (χ2v) is 7.49. The van der Waals surface area contributed by atoms with Crippen LogP contribution in [0.3, 0.4) is 0 Å². The highest BCUT2D eigenvalue weighted by molar-refractivity contribution is 6.08. The first-order valence-electron chi connectivity index (χ1n) is 9.75. The molecule has 1 aromatic heterocycles. The fourth-order valence-corrected chi connectivity index (χ4v) is 3.74. The van der Waals surface area contributed by atoms with Crippen LogP contribution in [0.5, 0.6) is 0 Å². The van der Waals surface area contributed by atoms with Crippen molar-refractivity contribution in [3.05, 3.63) is 71.4 Å². The molecule has 1 aliphatic heterocycles. The Morgan fingerprint density at radius 1 is 0.964 bits per heavy atom. The van der Waals surface area contributed by atoms with Crippen LogP contribution in [0.2, 0.25) is 0 Å². The lowest BCUT2D eigenvalue weighted by atomic mass is 10.1. The summed E-state index contributed by atoms with van der Waals surface area (Å²) in [4.78, 5) is 32.5. The zero-order valence-electron chi connectivity index (χ0n) is 16.1. The standard InChI is InChI=1S/C23H25N3O2/c1-17-6-8-18(9-7-17)14-23(28)26-12-10-25(11-13-26)16-22(27)20-15-24-21-5-3-2-4-19(20)21/h2-9,15,24H,10-14,16H2,1H3. The largest absolute Gasteiger partial charge is 0.360 e. The van der Waals surface area contributed by atoms with Gasteiger partial charge in [0, 0.05) is 48.8 Å². The van der Waals surface area contributed by atoms with Crippen molar-refractivity contribution in [2.24, 2.45) is 0 Å². The van der Waals surface area contributed by atoms with Gasteiger partial charge in [0.2, 0.25) is 5.91 Å². The highest BCUT2D eigenvalue weighted by Crippen LogP contribution is 2.19. The number of amides is 1. The van der Waals surface area contributed by atoms with E-state index in [1.807, 2.05) is 60.4 Å². The molecule has 0 atom stereocenters. The lowest BCUT2D eigenvalue weighted by molar-refractivity contribution is -0.132. The summed E-state index contributed by atoms with van der Waals surface area (Å²) in [5, 5.41) is 0.972. The number of carbonyl (C=O) groups is 2. The minimum Gasteiger partial charge on any atom is -0.360 e. The summed E-state index contributed by atoms with van der Waals surface area (Å²) in [6.45, 7) is 5.24. The van der Waals surface area contributed by atoms with Crippen molar-refractivity contribution < 1.29 is 9.59 Å². The summed E-state index contributed by atoms with van der Waals surface area (Å²) in [6.07, 6.45) is 2.24. The van der Waals surface area contributed by atoms with Gasteiger partial charge >= 0.3 is 0 Å². The van der Waals surface area contributed by atoms with E-state index in [4.69, 9.17) is 0 Å². The zero-order chi connectivity index (χ0) is 19.5. The molecule has 1 N–H and O–H groups in total. The van der Waals surface area contributed by atoms with Gasteiger partial charge in [-0.1, -0.05) is 48.0 Å². The number of aromatic nitrogens is 1. The molecule has 4 rings (SSSR count). The molecular weight excluding hydrogens is 350 g/mol. The third-order valence-electron chi connectivity index (χ3n) is 5.46. The average Bonchev–Trinajstić information content (AvgIpc) is 3.14. The van der Waals surface area contributed by atoms with E-state index in [9.17, 15) is 9.59 Å². The molecule has 0 radical (unpaired) electrons. The molecule has 0 unspecified atom stereocenters. The van der Waals surface area contributed by atoms with E-state index in [1.54, 1.807) is 6.20 Å². The van der Waals surface area contributed by atoms with Crippen molar-refractivity contribution in [3.63, 3.8) is 0 Å². The predicted octanol–water partition coefficient (Wildman–Crippen LogP) is 3.05. The summed E-state index contributed by atoms with van der Waals surface area (Å²) >= 11 is 0. The fraction of sp³-hybridized carbons (Fsp3) is 0.304. The van der Waals surface area contributed by atoms with Crippen LogP contribution in [0, 0.1) is 6.92 Å². The van der Waals surface area contributed by atoms with Crippen LogP contribution >= 0.6 is 0 Å². The molecule has 1 amide bonds. The molecule has 1 saturated heterocycles. The van der Waals surface area contributed by atoms with E-state index in [-0.39, 0.29) is 11.7 Å². The monoisotopic (exact) mass is 375 g/mol. The van der Waals surface area contributed by atoms with Crippen LogP contribution < -0.4 is 0 Å². The van der Waals surface area contributed by atoms with Gasteiger partial charge in [0.05, 0.1) is 13.0 Å². The second kappa shape index (κ2) is 7.98. The number of ketones is 1. The third kappa shape index (κ3) is 3.99. The van der Waals surface area contributed by atoms with Gasteiger partial charge in [0.1, 0.15) is 0 Å². The van der Waals surface area contributed by atoms with Crippen LogP contribution in [-0.2, 0) is 11.2 Å². The first-order valence-corrected chi connectivity index (χ1v) is 9.75. The van der Waals surface area contributed by atoms with Gasteiger partial charge in [-0.15, -0.1) is 0 Å². The number of hydrogen-bond donors (Lipinski definition) is 1. The molecule has 144 valence electrons. The van der Waals surface area contributed by atoms with Crippen LogP contribution in [0.1, 0.15) is 21.5 Å². The Morgan fingerprint density at radius 3 is 2.43 bits per heavy atom. The maximum atomic E-state index is 12.7. The summed E-state index contributed by atoms with van der Waals surface area (Å²) in [5.74, 6) is 0.281. The Hall–Kier alpha value is -2.92. The first kappa shape index (κ1) is 18.4. The number of piperazine rings is 1. The lowest BCUT2D eigenvalue weighted by Crippen LogP contribution is -2.50. The van der Waals surface area contributed by atoms with Gasteiger partial charge in [0.25, 0.3) is 0 Å². The van der Waals surface area contributed by atoms with Gasteiger partial charge < -0.3 is 9.88 Å². The molecule has 5 heteroatoms. The number of fused-ring (bicyclic) bond motifs is 1. The number of hydrogen-bond acceptors (Lipinski definition) is 3. The number of nitrogens with zero attached hydrogens (tertiary/aromatic N) is 2. The number of rotatable bonds is 5. The molecule has 2 heterocycles. The highest BCUT2D eigenvalue weighted by Gasteiger charge is 2.23. The van der Waals surface area contributed by atoms with E-state index in [0.717, 1.165) is 35.1 Å². The Balaban J connectivity index is 1.31. The molecule has 0 aliphatic carbocycles. The van der Waals surface area contributed by atoms with Gasteiger partial charge in [-0.3, -0.25) is 14.5 Å².